The summed E-state index contributed by atoms with van der Waals surface area (Å²) in [4.78, 5) is 7.35. The maximum absolute atomic E-state index is 13.7. The molecule has 2 rings (SSSR count). The van der Waals surface area contributed by atoms with Gasteiger partial charge in [-0.2, -0.15) is 17.5 Å². The lowest BCUT2D eigenvalue weighted by atomic mass is 10.1. The second-order valence-electron chi connectivity index (χ2n) is 5.53. The van der Waals surface area contributed by atoms with Gasteiger partial charge in [-0.25, -0.2) is 13.4 Å². The van der Waals surface area contributed by atoms with Gasteiger partial charge >= 0.3 is 6.18 Å². The highest BCUT2D eigenvalue weighted by Crippen LogP contribution is 2.39. The summed E-state index contributed by atoms with van der Waals surface area (Å²) in [6.07, 6.45) is -1.06. The van der Waals surface area contributed by atoms with Gasteiger partial charge in [0.25, 0.3) is 10.0 Å². The molecule has 0 spiro atoms. The third kappa shape index (κ3) is 4.57. The third-order valence-corrected chi connectivity index (χ3v) is 5.68. The van der Waals surface area contributed by atoms with Crippen LogP contribution < -0.4 is 0 Å². The lowest BCUT2D eigenvalue weighted by Gasteiger charge is -2.29. The molecule has 1 heterocycles. The zero-order valence-corrected chi connectivity index (χ0v) is 15.9. The van der Waals surface area contributed by atoms with Gasteiger partial charge < -0.3 is 4.57 Å². The Bertz CT molecular complexity index is 953. The van der Waals surface area contributed by atoms with Gasteiger partial charge in [-0.1, -0.05) is 23.7 Å². The zero-order chi connectivity index (χ0) is 20.4. The topological polar surface area (TPSA) is 67.6 Å². The number of aromatic nitrogens is 2. The van der Waals surface area contributed by atoms with Gasteiger partial charge in [-0.15, -0.1) is 0 Å². The summed E-state index contributed by atoms with van der Waals surface area (Å²) in [5.74, 6) is 0.261. The van der Waals surface area contributed by atoms with Crippen LogP contribution in [0, 0.1) is 6.92 Å². The van der Waals surface area contributed by atoms with Gasteiger partial charge in [0.1, 0.15) is 11.9 Å². The van der Waals surface area contributed by atoms with Crippen molar-refractivity contribution in [1.29, 1.82) is 0 Å². The van der Waals surface area contributed by atoms with Crippen molar-refractivity contribution in [3.8, 4) is 0 Å². The lowest BCUT2D eigenvalue weighted by Crippen LogP contribution is -2.39. The fourth-order valence-corrected chi connectivity index (χ4v) is 3.82. The summed E-state index contributed by atoms with van der Waals surface area (Å²) >= 11 is 5.71. The van der Waals surface area contributed by atoms with E-state index in [0.717, 1.165) is 25.4 Å². The van der Waals surface area contributed by atoms with E-state index in [1.165, 1.54) is 36.0 Å². The standard InChI is InChI=1S/C16H16ClF3N4O2S/c1-11-22-14(10-24(11)9-8-21-2)27(25,26)23(3)15(16(18,19)20)12-4-6-13(17)7-5-12/h4-10,15H,2H2,1,3H3/b9-8-/t15-/m1/s1. The highest BCUT2D eigenvalue weighted by molar-refractivity contribution is 7.89. The average molecular weight is 421 g/mol. The van der Waals surface area contributed by atoms with Crippen LogP contribution in [0.2, 0.25) is 5.02 Å². The molecule has 1 aromatic carbocycles. The van der Waals surface area contributed by atoms with E-state index >= 15 is 0 Å². The third-order valence-electron chi connectivity index (χ3n) is 3.73. The Morgan fingerprint density at radius 3 is 2.44 bits per heavy atom. The molecule has 1 atom stereocenters. The molecule has 0 bridgehead atoms. The summed E-state index contributed by atoms with van der Waals surface area (Å²) in [6.45, 7) is 4.75. The maximum Gasteiger partial charge on any atom is 0.409 e. The average Bonchev–Trinajstić information content (AvgIpc) is 2.95. The first-order valence-corrected chi connectivity index (χ1v) is 9.28. The van der Waals surface area contributed by atoms with E-state index in [1.54, 1.807) is 0 Å². The van der Waals surface area contributed by atoms with Crippen LogP contribution in [0.15, 0.2) is 46.7 Å². The van der Waals surface area contributed by atoms with Crippen LogP contribution in [0.5, 0.6) is 0 Å². The molecular formula is C16H16ClF3N4O2S. The molecule has 0 aliphatic rings. The van der Waals surface area contributed by atoms with Crippen molar-refractivity contribution in [1.82, 2.24) is 13.9 Å². The SMILES string of the molecule is C=N/C=C\n1cc(S(=O)(=O)N(C)[C@H](c2ccc(Cl)cc2)C(F)(F)F)nc1C. The van der Waals surface area contributed by atoms with Gasteiger partial charge in [-0.05, 0) is 31.3 Å². The Labute approximate surface area is 159 Å². The van der Waals surface area contributed by atoms with Gasteiger partial charge in [-0.3, -0.25) is 4.99 Å². The molecular weight excluding hydrogens is 405 g/mol. The number of halogens is 4. The fourth-order valence-electron chi connectivity index (χ4n) is 2.39. The minimum absolute atomic E-state index is 0.238. The Morgan fingerprint density at radius 2 is 1.93 bits per heavy atom. The maximum atomic E-state index is 13.7. The first-order valence-electron chi connectivity index (χ1n) is 7.46. The van der Waals surface area contributed by atoms with Gasteiger partial charge in [0.2, 0.25) is 0 Å². The minimum Gasteiger partial charge on any atom is -0.308 e. The highest BCUT2D eigenvalue weighted by atomic mass is 35.5. The fraction of sp³-hybridized carbons (Fsp3) is 0.250. The summed E-state index contributed by atoms with van der Waals surface area (Å²) < 4.78 is 68.1. The normalized spacial score (nSPS) is 14.0. The number of imidazole rings is 1. The van der Waals surface area contributed by atoms with Crippen LogP contribution in [0.4, 0.5) is 13.2 Å². The van der Waals surface area contributed by atoms with Crippen LogP contribution in [0.1, 0.15) is 17.4 Å². The van der Waals surface area contributed by atoms with E-state index in [4.69, 9.17) is 11.6 Å². The lowest BCUT2D eigenvalue weighted by molar-refractivity contribution is -0.171. The monoisotopic (exact) mass is 420 g/mol. The second-order valence-corrected chi connectivity index (χ2v) is 7.91. The molecule has 6 nitrogen and oxygen atoms in total. The molecule has 0 N–H and O–H groups in total. The molecule has 0 saturated heterocycles. The molecule has 0 aliphatic carbocycles. The predicted molar refractivity (Wildman–Crippen MR) is 97.0 cm³/mol. The van der Waals surface area contributed by atoms with Crippen molar-refractivity contribution < 1.29 is 21.6 Å². The highest BCUT2D eigenvalue weighted by Gasteiger charge is 2.48. The molecule has 0 aliphatic heterocycles. The number of rotatable bonds is 6. The number of hydrogen-bond donors (Lipinski definition) is 0. The van der Waals surface area contributed by atoms with Crippen LogP contribution >= 0.6 is 11.6 Å². The molecule has 1 aromatic heterocycles. The van der Waals surface area contributed by atoms with E-state index < -0.39 is 27.3 Å². The summed E-state index contributed by atoms with van der Waals surface area (Å²) in [6, 6.07) is 2.41. The van der Waals surface area contributed by atoms with Crippen molar-refractivity contribution in [2.45, 2.75) is 24.2 Å². The van der Waals surface area contributed by atoms with E-state index in [9.17, 15) is 21.6 Å². The van der Waals surface area contributed by atoms with Gasteiger partial charge in [0.05, 0.1) is 0 Å². The molecule has 0 amide bonds. The Balaban J connectivity index is 2.50. The van der Waals surface area contributed by atoms with Crippen molar-refractivity contribution in [3.63, 3.8) is 0 Å². The number of nitrogens with zero attached hydrogens (tertiary/aromatic N) is 4. The summed E-state index contributed by atoms with van der Waals surface area (Å²) in [7, 11) is -3.68. The number of hydrogen-bond acceptors (Lipinski definition) is 4. The number of benzene rings is 1. The largest absolute Gasteiger partial charge is 0.409 e. The Morgan fingerprint density at radius 1 is 1.33 bits per heavy atom. The van der Waals surface area contributed by atoms with E-state index in [1.807, 2.05) is 0 Å². The quantitative estimate of drug-likeness (QED) is 0.666. The van der Waals surface area contributed by atoms with E-state index in [-0.39, 0.29) is 20.7 Å². The van der Waals surface area contributed by atoms with Crippen LogP contribution in [0.25, 0.3) is 6.20 Å². The molecule has 0 fully saturated rings. The molecule has 27 heavy (non-hydrogen) atoms. The number of alkyl halides is 3. The van der Waals surface area contributed by atoms with Crippen molar-refractivity contribution in [2.75, 3.05) is 7.05 Å². The number of aliphatic imine (C=N–C) groups is 1. The van der Waals surface area contributed by atoms with Crippen molar-refractivity contribution in [3.05, 3.63) is 53.1 Å². The smallest absolute Gasteiger partial charge is 0.308 e. The first-order chi connectivity index (χ1) is 12.5. The van der Waals surface area contributed by atoms with E-state index in [2.05, 4.69) is 16.7 Å². The summed E-state index contributed by atoms with van der Waals surface area (Å²) in [5.41, 5.74) is -0.259. The molecule has 146 valence electrons. The molecule has 2 aromatic rings. The Hall–Kier alpha value is -2.17. The van der Waals surface area contributed by atoms with Crippen LogP contribution in [0.3, 0.4) is 0 Å². The van der Waals surface area contributed by atoms with Crippen molar-refractivity contribution >= 4 is 34.5 Å². The van der Waals surface area contributed by atoms with Gasteiger partial charge in [0, 0.05) is 30.7 Å². The van der Waals surface area contributed by atoms with Crippen LogP contribution in [-0.4, -0.2) is 42.2 Å². The predicted octanol–water partition coefficient (Wildman–Crippen LogP) is 3.90. The molecule has 0 radical (unpaired) electrons. The minimum atomic E-state index is -4.85. The number of aryl methyl sites for hydroxylation is 1. The second kappa shape index (κ2) is 7.83. The van der Waals surface area contributed by atoms with Gasteiger partial charge in [0.15, 0.2) is 5.03 Å². The molecule has 0 unspecified atom stereocenters. The first kappa shape index (κ1) is 21.1. The summed E-state index contributed by atoms with van der Waals surface area (Å²) in [5, 5.41) is -0.276. The number of sulfonamides is 1. The zero-order valence-electron chi connectivity index (χ0n) is 14.4. The molecule has 11 heteroatoms. The van der Waals surface area contributed by atoms with E-state index in [0.29, 0.717) is 0 Å². The van der Waals surface area contributed by atoms with Crippen LogP contribution in [-0.2, 0) is 10.0 Å². The van der Waals surface area contributed by atoms with Crippen molar-refractivity contribution in [2.24, 2.45) is 4.99 Å². The molecule has 0 saturated carbocycles. The Kier molecular flexibility index (Phi) is 6.13.